The Bertz CT molecular complexity index is 781. The summed E-state index contributed by atoms with van der Waals surface area (Å²) < 4.78 is 13.6. The summed E-state index contributed by atoms with van der Waals surface area (Å²) >= 11 is 0. The fourth-order valence-corrected chi connectivity index (χ4v) is 2.65. The maximum absolute atomic E-state index is 13.6. The molecule has 3 nitrogen and oxygen atoms in total. The number of nitrogens with one attached hydrogen (secondary N) is 1. The third-order valence-corrected chi connectivity index (χ3v) is 3.68. The maximum atomic E-state index is 13.6. The molecule has 0 spiro atoms. The van der Waals surface area contributed by atoms with Gasteiger partial charge in [0, 0.05) is 18.0 Å². The lowest BCUT2D eigenvalue weighted by molar-refractivity contribution is 0.615. The lowest BCUT2D eigenvalue weighted by Gasteiger charge is -2.20. The van der Waals surface area contributed by atoms with Gasteiger partial charge in [-0.2, -0.15) is 0 Å². The van der Waals surface area contributed by atoms with Crippen LogP contribution in [0.25, 0.3) is 11.0 Å². The minimum atomic E-state index is -0.234. The molecule has 1 N–H and O–H groups in total. The van der Waals surface area contributed by atoms with Gasteiger partial charge >= 0.3 is 0 Å². The van der Waals surface area contributed by atoms with Crippen molar-refractivity contribution in [1.82, 2.24) is 15.3 Å². The lowest BCUT2D eigenvalue weighted by Crippen LogP contribution is -2.19. The van der Waals surface area contributed by atoms with E-state index in [1.54, 1.807) is 24.5 Å². The van der Waals surface area contributed by atoms with E-state index < -0.39 is 0 Å². The topological polar surface area (TPSA) is 37.8 Å². The molecule has 106 valence electrons. The Balaban J connectivity index is 2.21. The van der Waals surface area contributed by atoms with Crippen molar-refractivity contribution in [2.45, 2.75) is 13.0 Å². The van der Waals surface area contributed by atoms with Crippen LogP contribution in [0.4, 0.5) is 4.39 Å². The van der Waals surface area contributed by atoms with Crippen molar-refractivity contribution in [2.24, 2.45) is 0 Å². The smallest absolute Gasteiger partial charge is 0.123 e. The summed E-state index contributed by atoms with van der Waals surface area (Å²) in [5.74, 6) is -0.234. The van der Waals surface area contributed by atoms with E-state index in [1.807, 2.05) is 32.2 Å². The van der Waals surface area contributed by atoms with Gasteiger partial charge in [0.1, 0.15) is 5.82 Å². The molecule has 0 bridgehead atoms. The molecule has 3 rings (SSSR count). The second-order valence-electron chi connectivity index (χ2n) is 4.99. The Morgan fingerprint density at radius 1 is 1.05 bits per heavy atom. The monoisotopic (exact) mass is 281 g/mol. The van der Waals surface area contributed by atoms with Crippen molar-refractivity contribution in [3.8, 4) is 0 Å². The van der Waals surface area contributed by atoms with Crippen molar-refractivity contribution >= 4 is 11.0 Å². The van der Waals surface area contributed by atoms with Crippen LogP contribution in [-0.2, 0) is 0 Å². The van der Waals surface area contributed by atoms with E-state index in [2.05, 4.69) is 15.3 Å². The van der Waals surface area contributed by atoms with E-state index in [9.17, 15) is 4.39 Å². The molecular weight excluding hydrogens is 265 g/mol. The Kier molecular flexibility index (Phi) is 3.62. The van der Waals surface area contributed by atoms with E-state index >= 15 is 0 Å². The van der Waals surface area contributed by atoms with Gasteiger partial charge in [-0.15, -0.1) is 0 Å². The Hall–Kier alpha value is -2.33. The number of hydrogen-bond acceptors (Lipinski definition) is 3. The van der Waals surface area contributed by atoms with Crippen LogP contribution in [0.2, 0.25) is 0 Å². The van der Waals surface area contributed by atoms with Crippen LogP contribution >= 0.6 is 0 Å². The highest BCUT2D eigenvalue weighted by Gasteiger charge is 2.18. The first kappa shape index (κ1) is 13.6. The fraction of sp³-hybridized carbons (Fsp3) is 0.176. The molecule has 0 aliphatic heterocycles. The van der Waals surface area contributed by atoms with Crippen LogP contribution in [0.5, 0.6) is 0 Å². The van der Waals surface area contributed by atoms with E-state index in [1.165, 1.54) is 6.07 Å². The van der Waals surface area contributed by atoms with Crippen LogP contribution in [0.3, 0.4) is 0 Å². The highest BCUT2D eigenvalue weighted by atomic mass is 19.1. The number of fused-ring (bicyclic) bond motifs is 1. The van der Waals surface area contributed by atoms with E-state index in [4.69, 9.17) is 0 Å². The standard InChI is InChI=1S/C17H16FN3/c1-11-6-7-12(18)10-14(11)16(19-2)13-4-3-5-15-17(13)21-9-8-20-15/h3-10,16,19H,1-2H3. The summed E-state index contributed by atoms with van der Waals surface area (Å²) in [5, 5.41) is 3.26. The molecule has 1 aromatic heterocycles. The molecule has 0 saturated heterocycles. The molecule has 0 aliphatic carbocycles. The summed E-state index contributed by atoms with van der Waals surface area (Å²) in [6.45, 7) is 1.98. The molecule has 0 aliphatic rings. The molecule has 1 unspecified atom stereocenters. The van der Waals surface area contributed by atoms with Gasteiger partial charge in [0.05, 0.1) is 17.1 Å². The van der Waals surface area contributed by atoms with Crippen molar-refractivity contribution in [3.05, 3.63) is 71.3 Å². The van der Waals surface area contributed by atoms with E-state index in [-0.39, 0.29) is 11.9 Å². The van der Waals surface area contributed by atoms with Crippen molar-refractivity contribution in [2.75, 3.05) is 7.05 Å². The first-order valence-electron chi connectivity index (χ1n) is 6.83. The summed E-state index contributed by atoms with van der Waals surface area (Å²) in [4.78, 5) is 8.76. The first-order valence-corrected chi connectivity index (χ1v) is 6.83. The second-order valence-corrected chi connectivity index (χ2v) is 4.99. The quantitative estimate of drug-likeness (QED) is 0.799. The fourth-order valence-electron chi connectivity index (χ4n) is 2.65. The molecule has 2 aromatic carbocycles. The van der Waals surface area contributed by atoms with Crippen molar-refractivity contribution in [1.29, 1.82) is 0 Å². The number of halogens is 1. The number of aryl methyl sites for hydroxylation is 1. The highest BCUT2D eigenvalue weighted by Crippen LogP contribution is 2.29. The van der Waals surface area contributed by atoms with Crippen LogP contribution in [-0.4, -0.2) is 17.0 Å². The molecule has 0 saturated carbocycles. The molecule has 0 fully saturated rings. The average molecular weight is 281 g/mol. The molecule has 4 heteroatoms. The normalized spacial score (nSPS) is 12.5. The number of para-hydroxylation sites is 1. The van der Waals surface area contributed by atoms with Crippen molar-refractivity contribution < 1.29 is 4.39 Å². The SMILES string of the molecule is CNC(c1cc(F)ccc1C)c1cccc2nccnc12. The summed E-state index contributed by atoms with van der Waals surface area (Å²) in [7, 11) is 1.87. The van der Waals surface area contributed by atoms with Gasteiger partial charge in [0.15, 0.2) is 0 Å². The zero-order valence-corrected chi connectivity index (χ0v) is 12.0. The van der Waals surface area contributed by atoms with Gasteiger partial charge in [0.25, 0.3) is 0 Å². The third-order valence-electron chi connectivity index (χ3n) is 3.68. The molecule has 0 amide bonds. The van der Waals surface area contributed by atoms with Gasteiger partial charge in [-0.1, -0.05) is 18.2 Å². The van der Waals surface area contributed by atoms with Gasteiger partial charge in [-0.25, -0.2) is 4.39 Å². The van der Waals surface area contributed by atoms with Gasteiger partial charge in [-0.3, -0.25) is 9.97 Å². The molecular formula is C17H16FN3. The van der Waals surface area contributed by atoms with Crippen LogP contribution in [0, 0.1) is 12.7 Å². The van der Waals surface area contributed by atoms with Crippen LogP contribution in [0.1, 0.15) is 22.7 Å². The predicted molar refractivity (Wildman–Crippen MR) is 81.6 cm³/mol. The number of aromatic nitrogens is 2. The molecule has 21 heavy (non-hydrogen) atoms. The minimum absolute atomic E-state index is 0.124. The highest BCUT2D eigenvalue weighted by molar-refractivity contribution is 5.78. The molecule has 0 radical (unpaired) electrons. The molecule has 1 atom stereocenters. The third kappa shape index (κ3) is 2.50. The summed E-state index contributed by atoms with van der Waals surface area (Å²) in [6.07, 6.45) is 3.35. The second kappa shape index (κ2) is 5.58. The Morgan fingerprint density at radius 3 is 2.67 bits per heavy atom. The number of benzene rings is 2. The van der Waals surface area contributed by atoms with E-state index in [0.29, 0.717) is 0 Å². The zero-order chi connectivity index (χ0) is 14.8. The zero-order valence-electron chi connectivity index (χ0n) is 12.0. The minimum Gasteiger partial charge on any atom is -0.309 e. The van der Waals surface area contributed by atoms with Crippen LogP contribution in [0.15, 0.2) is 48.8 Å². The Labute approximate surface area is 122 Å². The first-order chi connectivity index (χ1) is 10.2. The van der Waals surface area contributed by atoms with Crippen molar-refractivity contribution in [3.63, 3.8) is 0 Å². The molecule has 1 heterocycles. The summed E-state index contributed by atoms with van der Waals surface area (Å²) in [5.41, 5.74) is 4.62. The molecule has 3 aromatic rings. The van der Waals surface area contributed by atoms with Gasteiger partial charge < -0.3 is 5.32 Å². The maximum Gasteiger partial charge on any atom is 0.123 e. The predicted octanol–water partition coefficient (Wildman–Crippen LogP) is 3.39. The van der Waals surface area contributed by atoms with Gasteiger partial charge in [-0.05, 0) is 43.3 Å². The summed E-state index contributed by atoms with van der Waals surface area (Å²) in [6, 6.07) is 10.6. The van der Waals surface area contributed by atoms with E-state index in [0.717, 1.165) is 27.7 Å². The Morgan fingerprint density at radius 2 is 1.86 bits per heavy atom. The average Bonchev–Trinajstić information content (AvgIpc) is 2.51. The number of rotatable bonds is 3. The number of hydrogen-bond donors (Lipinski definition) is 1. The lowest BCUT2D eigenvalue weighted by atomic mass is 9.94. The van der Waals surface area contributed by atoms with Gasteiger partial charge in [0.2, 0.25) is 0 Å². The van der Waals surface area contributed by atoms with Crippen LogP contribution < -0.4 is 5.32 Å². The largest absolute Gasteiger partial charge is 0.309 e. The number of nitrogens with zero attached hydrogens (tertiary/aromatic N) is 2.